The van der Waals surface area contributed by atoms with Crippen molar-refractivity contribution in [3.05, 3.63) is 89.1 Å². The Bertz CT molecular complexity index is 1450. The highest BCUT2D eigenvalue weighted by molar-refractivity contribution is 6.06. The van der Waals surface area contributed by atoms with Gasteiger partial charge in [-0.05, 0) is 54.0 Å². The van der Waals surface area contributed by atoms with Crippen molar-refractivity contribution in [1.29, 1.82) is 0 Å². The van der Waals surface area contributed by atoms with Crippen LogP contribution in [0.3, 0.4) is 0 Å². The number of halogens is 2. The van der Waals surface area contributed by atoms with Gasteiger partial charge >= 0.3 is 5.97 Å². The number of anilines is 1. The van der Waals surface area contributed by atoms with Crippen LogP contribution in [0.2, 0.25) is 0 Å². The number of ether oxygens (including phenoxy) is 1. The number of rotatable bonds is 6. The lowest BCUT2D eigenvalue weighted by Crippen LogP contribution is -2.27. The molecule has 0 fully saturated rings. The standard InChI is InChI=1S/C28H27N5O3.2ClH/c1-32(2)16-25(34)36-17-21-9-5-6-10-22(21)18-11-12-24-23(13-18)26(31-28(29)30-24)27(35)33-14-19-7-3-4-8-20(19)15-33;;/h3-13H,14-17H2,1-2H3,(H2,29,30,31);2*1H. The first-order chi connectivity index (χ1) is 17.4. The predicted molar refractivity (Wildman–Crippen MR) is 152 cm³/mol. The maximum atomic E-state index is 13.6. The number of benzene rings is 3. The highest BCUT2D eigenvalue weighted by atomic mass is 35.5. The van der Waals surface area contributed by atoms with E-state index < -0.39 is 0 Å². The fourth-order valence-electron chi connectivity index (χ4n) is 4.49. The van der Waals surface area contributed by atoms with Crippen LogP contribution in [0, 0.1) is 0 Å². The summed E-state index contributed by atoms with van der Waals surface area (Å²) in [5, 5.41) is 0.627. The molecule has 10 heteroatoms. The number of esters is 1. The van der Waals surface area contributed by atoms with Crippen LogP contribution in [0.4, 0.5) is 5.95 Å². The molecule has 0 saturated carbocycles. The zero-order chi connectivity index (χ0) is 25.2. The molecule has 0 spiro atoms. The molecule has 1 aliphatic heterocycles. The molecule has 0 unspecified atom stereocenters. The van der Waals surface area contributed by atoms with Crippen LogP contribution in [0.1, 0.15) is 27.2 Å². The Hall–Kier alpha value is -3.72. The van der Waals surface area contributed by atoms with Crippen LogP contribution in [-0.4, -0.2) is 52.3 Å². The number of nitrogens with two attached hydrogens (primary N) is 1. The Balaban J connectivity index is 0.00000200. The molecule has 0 saturated heterocycles. The van der Waals surface area contributed by atoms with Crippen molar-refractivity contribution >= 4 is 53.5 Å². The number of aromatic nitrogens is 2. The van der Waals surface area contributed by atoms with Crippen LogP contribution in [0.25, 0.3) is 22.0 Å². The van der Waals surface area contributed by atoms with E-state index in [0.29, 0.717) is 24.0 Å². The molecular formula is C28H29Cl2N5O3. The van der Waals surface area contributed by atoms with Crippen LogP contribution in [-0.2, 0) is 29.2 Å². The van der Waals surface area contributed by atoms with E-state index in [4.69, 9.17) is 10.5 Å². The Kier molecular flexibility index (Phi) is 9.27. The maximum Gasteiger partial charge on any atom is 0.320 e. The summed E-state index contributed by atoms with van der Waals surface area (Å²) in [4.78, 5) is 37.9. The fourth-order valence-corrected chi connectivity index (χ4v) is 4.49. The minimum absolute atomic E-state index is 0. The largest absolute Gasteiger partial charge is 0.460 e. The SMILES string of the molecule is CN(C)CC(=O)OCc1ccccc1-c1ccc2nc(N)nc(C(=O)N3Cc4ccccc4C3)c2c1.Cl.Cl. The van der Waals surface area contributed by atoms with Crippen molar-refractivity contribution < 1.29 is 14.3 Å². The molecule has 0 atom stereocenters. The molecule has 0 bridgehead atoms. The van der Waals surface area contributed by atoms with Crippen LogP contribution in [0.15, 0.2) is 66.7 Å². The van der Waals surface area contributed by atoms with E-state index in [1.54, 1.807) is 9.80 Å². The Morgan fingerprint density at radius 3 is 2.29 bits per heavy atom. The van der Waals surface area contributed by atoms with Gasteiger partial charge in [0.2, 0.25) is 5.95 Å². The Morgan fingerprint density at radius 2 is 1.61 bits per heavy atom. The second kappa shape index (κ2) is 12.2. The van der Waals surface area contributed by atoms with Crippen LogP contribution >= 0.6 is 24.8 Å². The van der Waals surface area contributed by atoms with Crippen molar-refractivity contribution in [3.63, 3.8) is 0 Å². The molecule has 0 radical (unpaired) electrons. The van der Waals surface area contributed by atoms with Crippen molar-refractivity contribution in [3.8, 4) is 11.1 Å². The molecule has 38 heavy (non-hydrogen) atoms. The minimum atomic E-state index is -0.295. The smallest absolute Gasteiger partial charge is 0.320 e. The van der Waals surface area contributed by atoms with Gasteiger partial charge in [0, 0.05) is 18.5 Å². The third kappa shape index (κ3) is 6.05. The summed E-state index contributed by atoms with van der Waals surface area (Å²) in [5.74, 6) is -0.423. The summed E-state index contributed by atoms with van der Waals surface area (Å²) in [5.41, 5.74) is 11.8. The van der Waals surface area contributed by atoms with E-state index in [1.807, 2.05) is 80.8 Å². The van der Waals surface area contributed by atoms with Gasteiger partial charge in [-0.15, -0.1) is 24.8 Å². The predicted octanol–water partition coefficient (Wildman–Crippen LogP) is 4.48. The van der Waals surface area contributed by atoms with Gasteiger partial charge in [0.1, 0.15) is 12.3 Å². The van der Waals surface area contributed by atoms with E-state index in [1.165, 1.54) is 0 Å². The van der Waals surface area contributed by atoms with E-state index in [0.717, 1.165) is 27.8 Å². The molecule has 3 aromatic carbocycles. The van der Waals surface area contributed by atoms with Gasteiger partial charge in [-0.3, -0.25) is 14.5 Å². The molecule has 2 N–H and O–H groups in total. The highest BCUT2D eigenvalue weighted by Crippen LogP contribution is 2.31. The lowest BCUT2D eigenvalue weighted by molar-refractivity contribution is -0.145. The molecule has 2 heterocycles. The average molecular weight is 554 g/mol. The fraction of sp³-hybridized carbons (Fsp3) is 0.214. The van der Waals surface area contributed by atoms with Crippen LogP contribution < -0.4 is 5.73 Å². The van der Waals surface area contributed by atoms with E-state index in [-0.39, 0.29) is 61.5 Å². The Morgan fingerprint density at radius 1 is 0.947 bits per heavy atom. The highest BCUT2D eigenvalue weighted by Gasteiger charge is 2.27. The number of fused-ring (bicyclic) bond motifs is 2. The van der Waals surface area contributed by atoms with Gasteiger partial charge < -0.3 is 15.4 Å². The topological polar surface area (TPSA) is 102 Å². The quantitative estimate of drug-likeness (QED) is 0.351. The number of carbonyl (C=O) groups is 2. The normalized spacial score (nSPS) is 12.0. The number of hydrogen-bond acceptors (Lipinski definition) is 7. The molecule has 8 nitrogen and oxygen atoms in total. The molecule has 0 aliphatic carbocycles. The number of nitrogen functional groups attached to an aromatic ring is 1. The molecule has 5 rings (SSSR count). The Labute approximate surface area is 233 Å². The lowest BCUT2D eigenvalue weighted by Gasteiger charge is -2.17. The summed E-state index contributed by atoms with van der Waals surface area (Å²) in [6.07, 6.45) is 0. The van der Waals surface area contributed by atoms with Crippen molar-refractivity contribution in [2.45, 2.75) is 19.7 Å². The third-order valence-electron chi connectivity index (χ3n) is 6.21. The van der Waals surface area contributed by atoms with Crippen molar-refractivity contribution in [1.82, 2.24) is 19.8 Å². The molecule has 1 amide bonds. The number of likely N-dealkylation sites (N-methyl/N-ethyl adjacent to an activating group) is 1. The summed E-state index contributed by atoms with van der Waals surface area (Å²) in [7, 11) is 3.64. The van der Waals surface area contributed by atoms with E-state index in [2.05, 4.69) is 9.97 Å². The van der Waals surface area contributed by atoms with Gasteiger partial charge in [-0.2, -0.15) is 0 Å². The minimum Gasteiger partial charge on any atom is -0.460 e. The maximum absolute atomic E-state index is 13.6. The first-order valence-electron chi connectivity index (χ1n) is 11.7. The molecule has 4 aromatic rings. The number of nitrogens with zero attached hydrogens (tertiary/aromatic N) is 4. The lowest BCUT2D eigenvalue weighted by atomic mass is 9.98. The summed E-state index contributed by atoms with van der Waals surface area (Å²) < 4.78 is 5.48. The zero-order valence-electron chi connectivity index (χ0n) is 21.1. The third-order valence-corrected chi connectivity index (χ3v) is 6.21. The summed E-state index contributed by atoms with van der Waals surface area (Å²) in [6.45, 7) is 1.42. The first-order valence-corrected chi connectivity index (χ1v) is 11.7. The zero-order valence-corrected chi connectivity index (χ0v) is 22.7. The average Bonchev–Trinajstić information content (AvgIpc) is 3.30. The van der Waals surface area contributed by atoms with E-state index in [9.17, 15) is 9.59 Å². The number of amides is 1. The molecular weight excluding hydrogens is 525 g/mol. The molecule has 1 aromatic heterocycles. The number of carbonyl (C=O) groups excluding carboxylic acids is 2. The molecule has 198 valence electrons. The van der Waals surface area contributed by atoms with Crippen molar-refractivity contribution in [2.24, 2.45) is 0 Å². The number of hydrogen-bond donors (Lipinski definition) is 1. The van der Waals surface area contributed by atoms with Crippen LogP contribution in [0.5, 0.6) is 0 Å². The first kappa shape index (κ1) is 28.8. The van der Waals surface area contributed by atoms with Gasteiger partial charge in [-0.25, -0.2) is 9.97 Å². The monoisotopic (exact) mass is 553 g/mol. The van der Waals surface area contributed by atoms with Gasteiger partial charge in [0.05, 0.1) is 12.1 Å². The van der Waals surface area contributed by atoms with Gasteiger partial charge in [0.25, 0.3) is 5.91 Å². The van der Waals surface area contributed by atoms with Crippen molar-refractivity contribution in [2.75, 3.05) is 26.4 Å². The van der Waals surface area contributed by atoms with E-state index >= 15 is 0 Å². The summed E-state index contributed by atoms with van der Waals surface area (Å²) >= 11 is 0. The molecule has 1 aliphatic rings. The second-order valence-corrected chi connectivity index (χ2v) is 9.15. The van der Waals surface area contributed by atoms with Gasteiger partial charge in [0.15, 0.2) is 0 Å². The van der Waals surface area contributed by atoms with Gasteiger partial charge in [-0.1, -0.05) is 54.6 Å². The second-order valence-electron chi connectivity index (χ2n) is 9.15. The summed E-state index contributed by atoms with van der Waals surface area (Å²) in [6, 6.07) is 21.4.